The summed E-state index contributed by atoms with van der Waals surface area (Å²) in [6.07, 6.45) is 17.6. The molecular weight excluding hydrogens is 1530 g/mol. The number of likely N-dealkylation sites (tertiary alicyclic amines) is 4. The van der Waals surface area contributed by atoms with E-state index in [0.29, 0.717) is 13.1 Å². The van der Waals surface area contributed by atoms with Crippen molar-refractivity contribution < 1.29 is 38.2 Å². The fourth-order valence-electron chi connectivity index (χ4n) is 19.4. The molecule has 24 nitrogen and oxygen atoms in total. The van der Waals surface area contributed by atoms with Crippen molar-refractivity contribution in [2.24, 2.45) is 11.8 Å². The van der Waals surface area contributed by atoms with Crippen LogP contribution in [-0.2, 0) is 54.3 Å². The molecule has 6 N–H and O–H groups in total. The first-order chi connectivity index (χ1) is 59.4. The van der Waals surface area contributed by atoms with Gasteiger partial charge in [-0.05, 0) is 196 Å². The van der Waals surface area contributed by atoms with E-state index in [1.54, 1.807) is 0 Å². The van der Waals surface area contributed by atoms with Gasteiger partial charge in [-0.3, -0.25) is 29.0 Å². The second kappa shape index (κ2) is 38.7. The number of rotatable bonds is 24. The lowest BCUT2D eigenvalue weighted by Gasteiger charge is -2.34. The highest BCUT2D eigenvalue weighted by molar-refractivity contribution is 5.89. The molecule has 0 radical (unpaired) electrons. The van der Waals surface area contributed by atoms with Crippen molar-refractivity contribution >= 4 is 35.8 Å². The zero-order valence-corrected chi connectivity index (χ0v) is 72.5. The number of ether oxygens (including phenoxy) is 2. The third-order valence-electron chi connectivity index (χ3n) is 26.1. The minimum absolute atomic E-state index is 0.0705. The monoisotopic (exact) mass is 1650 g/mol. The minimum Gasteiger partial charge on any atom is -0.453 e. The van der Waals surface area contributed by atoms with Gasteiger partial charge in [0.15, 0.2) is 0 Å². The predicted octanol–water partition coefficient (Wildman–Crippen LogP) is 17.6. The maximum Gasteiger partial charge on any atom is 0.407 e. The van der Waals surface area contributed by atoms with E-state index < -0.39 is 24.3 Å². The number of benzene rings is 6. The first-order valence-electron chi connectivity index (χ1n) is 44.6. The number of carbonyl (C=O) groups is 6. The van der Waals surface area contributed by atoms with Crippen LogP contribution in [0.1, 0.15) is 226 Å². The largest absolute Gasteiger partial charge is 0.453 e. The lowest BCUT2D eigenvalue weighted by molar-refractivity contribution is -0.139. The van der Waals surface area contributed by atoms with Crippen LogP contribution < -0.4 is 10.6 Å². The number of aromatic amines is 4. The zero-order valence-electron chi connectivity index (χ0n) is 72.5. The van der Waals surface area contributed by atoms with Crippen LogP contribution in [0.4, 0.5) is 9.59 Å². The highest BCUT2D eigenvalue weighted by Gasteiger charge is 2.43. The Morgan fingerprint density at radius 1 is 0.402 bits per heavy atom. The van der Waals surface area contributed by atoms with Crippen molar-refractivity contribution in [1.82, 2.24) is 79.9 Å². The number of amides is 6. The van der Waals surface area contributed by atoms with E-state index in [1.807, 2.05) is 86.3 Å². The number of hydrogen-bond acceptors (Lipinski definition) is 14. The van der Waals surface area contributed by atoms with Crippen LogP contribution in [0.5, 0.6) is 0 Å². The van der Waals surface area contributed by atoms with Gasteiger partial charge in [-0.15, -0.1) is 0 Å². The lowest BCUT2D eigenvalue weighted by Crippen LogP contribution is -2.51. The molecule has 4 aliphatic heterocycles. The van der Waals surface area contributed by atoms with Crippen molar-refractivity contribution in [3.05, 3.63) is 215 Å². The number of fused-ring (bicyclic) bond motifs is 6. The Balaban J connectivity index is 0.000000191. The third-order valence-corrected chi connectivity index (χ3v) is 26.1. The molecular formula is C98H120N16O8. The molecule has 0 saturated carbocycles. The molecule has 4 aromatic heterocycles. The Hall–Kier alpha value is -11.5. The summed E-state index contributed by atoms with van der Waals surface area (Å²) in [4.78, 5) is 127. The van der Waals surface area contributed by atoms with Gasteiger partial charge < -0.3 is 59.6 Å². The number of H-pyrrole nitrogens is 4. The van der Waals surface area contributed by atoms with E-state index in [-0.39, 0.29) is 71.7 Å². The van der Waals surface area contributed by atoms with Crippen molar-refractivity contribution in [2.45, 2.75) is 206 Å². The molecule has 4 fully saturated rings. The first-order valence-corrected chi connectivity index (χ1v) is 44.6. The molecule has 24 heteroatoms. The number of aromatic nitrogens is 8. The molecule has 16 rings (SSSR count). The Morgan fingerprint density at radius 3 is 1.07 bits per heavy atom. The molecule has 8 atom stereocenters. The Kier molecular flexibility index (Phi) is 27.1. The second-order valence-corrected chi connectivity index (χ2v) is 34.1. The predicted molar refractivity (Wildman–Crippen MR) is 475 cm³/mol. The quantitative estimate of drug-likeness (QED) is 0.0328. The van der Waals surface area contributed by atoms with Crippen LogP contribution >= 0.6 is 0 Å². The van der Waals surface area contributed by atoms with Crippen LogP contribution in [-0.4, -0.2) is 184 Å². The average molecular weight is 1650 g/mol. The van der Waals surface area contributed by atoms with E-state index in [0.717, 1.165) is 238 Å². The first kappa shape index (κ1) is 85.5. The lowest BCUT2D eigenvalue weighted by atomic mass is 9.90. The summed E-state index contributed by atoms with van der Waals surface area (Å²) < 4.78 is 9.58. The smallest absolute Gasteiger partial charge is 0.407 e. The Bertz CT molecular complexity index is 5280. The van der Waals surface area contributed by atoms with Crippen molar-refractivity contribution in [3.63, 3.8) is 0 Å². The fraction of sp³-hybridized carbons (Fsp3) is 0.449. The van der Waals surface area contributed by atoms with Gasteiger partial charge in [0.05, 0.1) is 73.6 Å². The van der Waals surface area contributed by atoms with Gasteiger partial charge in [0.25, 0.3) is 0 Å². The summed E-state index contributed by atoms with van der Waals surface area (Å²) in [6.45, 7) is 22.1. The summed E-state index contributed by atoms with van der Waals surface area (Å²) in [5.74, 6) is 3.16. The van der Waals surface area contributed by atoms with Crippen molar-refractivity contribution in [1.29, 1.82) is 0 Å². The minimum atomic E-state index is -0.687. The van der Waals surface area contributed by atoms with Crippen LogP contribution in [0.3, 0.4) is 0 Å². The number of hydrogen-bond donors (Lipinski definition) is 6. The molecule has 4 saturated heterocycles. The normalized spacial score (nSPS) is 18.7. The van der Waals surface area contributed by atoms with Crippen LogP contribution in [0, 0.1) is 11.8 Å². The maximum absolute atomic E-state index is 14.5. The molecule has 0 spiro atoms. The highest BCUT2D eigenvalue weighted by atomic mass is 16.5. The highest BCUT2D eigenvalue weighted by Crippen LogP contribution is 2.44. The van der Waals surface area contributed by atoms with Gasteiger partial charge >= 0.3 is 12.2 Å². The molecule has 10 aromatic rings. The number of alkyl carbamates (subject to hydrolysis) is 2. The number of imidazole rings is 4. The Morgan fingerprint density at radius 2 is 0.730 bits per heavy atom. The molecule has 0 unspecified atom stereocenters. The van der Waals surface area contributed by atoms with Gasteiger partial charge in [0, 0.05) is 48.7 Å². The van der Waals surface area contributed by atoms with E-state index in [2.05, 4.69) is 187 Å². The molecule has 8 heterocycles. The van der Waals surface area contributed by atoms with Crippen molar-refractivity contribution in [3.8, 4) is 67.3 Å². The molecule has 6 aromatic carbocycles. The van der Waals surface area contributed by atoms with E-state index in [1.165, 1.54) is 42.2 Å². The number of methoxy groups -OCH3 is 2. The second-order valence-electron chi connectivity index (χ2n) is 34.1. The molecule has 6 aliphatic rings. The topological polar surface area (TPSA) is 279 Å². The third kappa shape index (κ3) is 18.2. The summed E-state index contributed by atoms with van der Waals surface area (Å²) in [6, 6.07) is 48.5. The summed E-state index contributed by atoms with van der Waals surface area (Å²) in [5, 5.41) is 5.45. The fourth-order valence-corrected chi connectivity index (χ4v) is 19.4. The molecule has 6 amide bonds. The van der Waals surface area contributed by atoms with Crippen LogP contribution in [0.2, 0.25) is 0 Å². The van der Waals surface area contributed by atoms with Gasteiger partial charge in [-0.25, -0.2) is 29.5 Å². The number of aryl methyl sites for hydroxylation is 4. The molecule has 640 valence electrons. The maximum atomic E-state index is 14.5. The number of nitrogens with zero attached hydrogens (tertiary/aromatic N) is 10. The molecule has 122 heavy (non-hydrogen) atoms. The SMILES string of the molecule is CCN(CC)[C@@H](C(=O)N1CCC[C@H]1c1ncc(-c2ccc(-c3ccc4c(c3)CCCCc3[nH]c([C@@H]5CCCN5C(=O)[C@@H](c5ccccc5)N(CC)CC)nc3-4)cc2)[nH]1)c1ccccc1.COC(=O)N[C@H](C(=O)N1CCC[C@H]1c1ncc(-c2ccc(-c3ccc4c(c3)CCCCc3[nH]c([C@@H]5CCCN5C(=O)[C@@H](NC(=O)OC)C(C)C)nc3-4)cc2)[nH]1)C(C)C. The van der Waals surface area contributed by atoms with E-state index in [4.69, 9.17) is 29.4 Å². The summed E-state index contributed by atoms with van der Waals surface area (Å²) >= 11 is 0. The van der Waals surface area contributed by atoms with Crippen LogP contribution in [0.25, 0.3) is 67.3 Å². The van der Waals surface area contributed by atoms with Gasteiger partial charge in [-0.2, -0.15) is 0 Å². The number of carbonyl (C=O) groups excluding carboxylic acids is 6. The van der Waals surface area contributed by atoms with Gasteiger partial charge in [0.1, 0.15) is 47.5 Å². The number of likely N-dealkylation sites (N-methyl/N-ethyl adjacent to an activating group) is 2. The van der Waals surface area contributed by atoms with E-state index >= 15 is 0 Å². The standard InChI is InChI=1S/C54H64N8O2.C44H56N8O6/c1-5-59(6-2)49(39-19-11-9-12-20-39)53(63)61-33-17-25-46(61)51-55-36-45(57-51)38-29-27-37(28-30-38)41-31-32-43-42(35-41)23-15-16-24-44-48(43)58-52(56-44)47-26-18-34-62(47)54(64)50(60(7-3)8-4)40-21-13-10-14-22-40;1-25(2)36(49-43(55)57-5)41(53)51-21-9-13-34(51)39-45-24-33(47-39)28-17-15-27(16-18-28)29-19-20-31-30(23-29)11-7-8-12-32-38(31)48-40(46-32)35-14-10-22-52(35)42(54)37(26(3)4)50-44(56)58-6/h9-14,19-22,27-32,35-36,46-47,49-50H,5-8,15-18,23-26,33-34H2,1-4H3,(H,55,57)(H,56,58);15-20,23-26,34-37H,7-14,21-22H2,1-6H3,(H,45,47)(H,46,48)(H,49,55)(H,50,56)/t46-,47-,49+,50+;34-,35-,36-,37-/m00/s1. The van der Waals surface area contributed by atoms with Gasteiger partial charge in [-0.1, -0.05) is 201 Å². The van der Waals surface area contributed by atoms with Crippen molar-refractivity contribution in [2.75, 3.05) is 66.6 Å². The molecule has 0 bridgehead atoms. The van der Waals surface area contributed by atoms with Gasteiger partial charge in [0.2, 0.25) is 23.6 Å². The molecule has 2 aliphatic carbocycles. The zero-order chi connectivity index (χ0) is 85.2. The van der Waals surface area contributed by atoms with Crippen LogP contribution in [0.15, 0.2) is 158 Å². The summed E-state index contributed by atoms with van der Waals surface area (Å²) in [5.41, 5.74) is 19.7. The Labute approximate surface area is 717 Å². The van der Waals surface area contributed by atoms with E-state index in [9.17, 15) is 28.8 Å². The average Bonchev–Trinajstić information content (AvgIpc) is 1.62. The number of nitrogens with one attached hydrogen (secondary N) is 6. The summed E-state index contributed by atoms with van der Waals surface area (Å²) in [7, 11) is 2.60.